The molecule has 0 unspecified atom stereocenters. The van der Waals surface area contributed by atoms with Gasteiger partial charge in [-0.15, -0.1) is 0 Å². The molecule has 1 rings (SSSR count). The van der Waals surface area contributed by atoms with Crippen LogP contribution in [-0.4, -0.2) is 29.4 Å². The highest BCUT2D eigenvalue weighted by atomic mass is 16.4. The molecule has 0 saturated heterocycles. The third kappa shape index (κ3) is 4.42. The fraction of sp³-hybridized carbons (Fsp3) is 0.308. The van der Waals surface area contributed by atoms with Gasteiger partial charge in [0.05, 0.1) is 0 Å². The minimum absolute atomic E-state index is 0.240. The van der Waals surface area contributed by atoms with E-state index in [4.69, 9.17) is 5.11 Å². The summed E-state index contributed by atoms with van der Waals surface area (Å²) in [5, 5.41) is 13.6. The van der Waals surface area contributed by atoms with Crippen molar-refractivity contribution in [2.24, 2.45) is 0 Å². The number of carboxylic acids is 1. The molecule has 0 saturated carbocycles. The zero-order valence-corrected chi connectivity index (χ0v) is 10.8. The standard InChI is InChI=1S/C13H16N2O4/c1-3-14-13(19)9-5-4-8(2)10(6-9)15-11(16)7-12(17)18/h4-6H,3,7H2,1-2H3,(H,14,19)(H,15,16)(H,17,18). The van der Waals surface area contributed by atoms with Gasteiger partial charge in [0.25, 0.3) is 5.91 Å². The highest BCUT2D eigenvalue weighted by Crippen LogP contribution is 2.17. The minimum atomic E-state index is -1.20. The van der Waals surface area contributed by atoms with Gasteiger partial charge in [-0.25, -0.2) is 0 Å². The second-order valence-electron chi connectivity index (χ2n) is 4.01. The van der Waals surface area contributed by atoms with Crippen LogP contribution in [0.1, 0.15) is 29.3 Å². The number of aliphatic carboxylic acids is 1. The van der Waals surface area contributed by atoms with Crippen molar-refractivity contribution in [1.82, 2.24) is 5.32 Å². The van der Waals surface area contributed by atoms with Crippen LogP contribution in [0.4, 0.5) is 5.69 Å². The Morgan fingerprint density at radius 3 is 2.53 bits per heavy atom. The Hall–Kier alpha value is -2.37. The Morgan fingerprint density at radius 1 is 1.26 bits per heavy atom. The molecule has 0 spiro atoms. The lowest BCUT2D eigenvalue weighted by Gasteiger charge is -2.10. The van der Waals surface area contributed by atoms with Crippen LogP contribution in [0.2, 0.25) is 0 Å². The zero-order chi connectivity index (χ0) is 14.4. The molecule has 0 fully saturated rings. The quantitative estimate of drug-likeness (QED) is 0.695. The van der Waals surface area contributed by atoms with Gasteiger partial charge in [0, 0.05) is 17.8 Å². The predicted octanol–water partition coefficient (Wildman–Crippen LogP) is 1.16. The van der Waals surface area contributed by atoms with Crippen LogP contribution in [0.3, 0.4) is 0 Å². The largest absolute Gasteiger partial charge is 0.481 e. The summed E-state index contributed by atoms with van der Waals surface area (Å²) < 4.78 is 0. The van der Waals surface area contributed by atoms with E-state index in [2.05, 4.69) is 10.6 Å². The van der Waals surface area contributed by atoms with Gasteiger partial charge in [0.2, 0.25) is 5.91 Å². The zero-order valence-electron chi connectivity index (χ0n) is 10.8. The van der Waals surface area contributed by atoms with Crippen molar-refractivity contribution < 1.29 is 19.5 Å². The maximum Gasteiger partial charge on any atom is 0.312 e. The first kappa shape index (κ1) is 14.7. The SMILES string of the molecule is CCNC(=O)c1ccc(C)c(NC(=O)CC(=O)O)c1. The smallest absolute Gasteiger partial charge is 0.312 e. The van der Waals surface area contributed by atoms with Crippen LogP contribution < -0.4 is 10.6 Å². The summed E-state index contributed by atoms with van der Waals surface area (Å²) >= 11 is 0. The molecule has 6 nitrogen and oxygen atoms in total. The number of rotatable bonds is 5. The van der Waals surface area contributed by atoms with E-state index in [1.54, 1.807) is 19.1 Å². The van der Waals surface area contributed by atoms with Gasteiger partial charge in [0.1, 0.15) is 6.42 Å². The van der Waals surface area contributed by atoms with E-state index in [-0.39, 0.29) is 5.91 Å². The molecule has 0 aromatic heterocycles. The number of amides is 2. The van der Waals surface area contributed by atoms with Crippen molar-refractivity contribution >= 4 is 23.5 Å². The summed E-state index contributed by atoms with van der Waals surface area (Å²) in [6, 6.07) is 4.87. The van der Waals surface area contributed by atoms with Crippen LogP contribution in [0, 0.1) is 6.92 Å². The number of hydrogen-bond donors (Lipinski definition) is 3. The molecule has 3 N–H and O–H groups in total. The third-order valence-electron chi connectivity index (χ3n) is 2.42. The highest BCUT2D eigenvalue weighted by Gasteiger charge is 2.11. The Morgan fingerprint density at radius 2 is 1.95 bits per heavy atom. The lowest BCUT2D eigenvalue weighted by atomic mass is 10.1. The molecule has 2 amide bonds. The lowest BCUT2D eigenvalue weighted by Crippen LogP contribution is -2.23. The highest BCUT2D eigenvalue weighted by molar-refractivity contribution is 6.02. The van der Waals surface area contributed by atoms with Crippen molar-refractivity contribution in [1.29, 1.82) is 0 Å². The number of carboxylic acid groups (broad SMARTS) is 1. The van der Waals surface area contributed by atoms with Crippen LogP contribution in [0.5, 0.6) is 0 Å². The van der Waals surface area contributed by atoms with Crippen LogP contribution in [-0.2, 0) is 9.59 Å². The van der Waals surface area contributed by atoms with E-state index in [0.29, 0.717) is 17.8 Å². The van der Waals surface area contributed by atoms with Crippen molar-refractivity contribution in [3.05, 3.63) is 29.3 Å². The number of benzene rings is 1. The Labute approximate surface area is 110 Å². The van der Waals surface area contributed by atoms with Gasteiger partial charge >= 0.3 is 5.97 Å². The van der Waals surface area contributed by atoms with Crippen molar-refractivity contribution in [2.45, 2.75) is 20.3 Å². The summed E-state index contributed by atoms with van der Waals surface area (Å²) in [6.07, 6.45) is -0.606. The van der Waals surface area contributed by atoms with E-state index < -0.39 is 18.3 Å². The Bertz CT molecular complexity index is 511. The van der Waals surface area contributed by atoms with E-state index >= 15 is 0 Å². The minimum Gasteiger partial charge on any atom is -0.481 e. The molecule has 0 aliphatic rings. The first-order valence-corrected chi connectivity index (χ1v) is 5.84. The first-order valence-electron chi connectivity index (χ1n) is 5.84. The molecule has 0 aliphatic heterocycles. The molecule has 0 radical (unpaired) electrons. The fourth-order valence-electron chi connectivity index (χ4n) is 1.49. The number of carbonyl (C=O) groups excluding carboxylic acids is 2. The molecule has 6 heteroatoms. The summed E-state index contributed by atoms with van der Waals surface area (Å²) in [7, 11) is 0. The average Bonchev–Trinajstić information content (AvgIpc) is 2.31. The molecule has 0 heterocycles. The first-order chi connectivity index (χ1) is 8.93. The second-order valence-corrected chi connectivity index (χ2v) is 4.01. The van der Waals surface area contributed by atoms with Crippen LogP contribution in [0.15, 0.2) is 18.2 Å². The molecule has 1 aromatic carbocycles. The molecule has 102 valence electrons. The molecule has 1 aromatic rings. The van der Waals surface area contributed by atoms with Crippen molar-refractivity contribution in [2.75, 3.05) is 11.9 Å². The summed E-state index contributed by atoms with van der Waals surface area (Å²) in [4.78, 5) is 33.5. The van der Waals surface area contributed by atoms with Crippen molar-refractivity contribution in [3.8, 4) is 0 Å². The number of nitrogens with one attached hydrogen (secondary N) is 2. The maximum absolute atomic E-state index is 11.7. The average molecular weight is 264 g/mol. The lowest BCUT2D eigenvalue weighted by molar-refractivity contribution is -0.139. The topological polar surface area (TPSA) is 95.5 Å². The van der Waals surface area contributed by atoms with Gasteiger partial charge in [-0.05, 0) is 31.5 Å². The van der Waals surface area contributed by atoms with Crippen LogP contribution >= 0.6 is 0 Å². The molecule has 0 bridgehead atoms. The normalized spacial score (nSPS) is 9.79. The van der Waals surface area contributed by atoms with Crippen molar-refractivity contribution in [3.63, 3.8) is 0 Å². The number of aryl methyl sites for hydroxylation is 1. The second kappa shape index (κ2) is 6.53. The number of carbonyl (C=O) groups is 3. The van der Waals surface area contributed by atoms with E-state index in [9.17, 15) is 14.4 Å². The third-order valence-corrected chi connectivity index (χ3v) is 2.42. The Balaban J connectivity index is 2.88. The molecule has 0 atom stereocenters. The molecular weight excluding hydrogens is 248 g/mol. The van der Waals surface area contributed by atoms with Gasteiger partial charge in [-0.3, -0.25) is 14.4 Å². The predicted molar refractivity (Wildman–Crippen MR) is 70.1 cm³/mol. The van der Waals surface area contributed by atoms with E-state index in [0.717, 1.165) is 5.56 Å². The summed E-state index contributed by atoms with van der Waals surface area (Å²) in [6.45, 7) is 4.08. The van der Waals surface area contributed by atoms with Gasteiger partial charge in [-0.2, -0.15) is 0 Å². The fourth-order valence-corrected chi connectivity index (χ4v) is 1.49. The number of anilines is 1. The van der Waals surface area contributed by atoms with Crippen LogP contribution in [0.25, 0.3) is 0 Å². The number of hydrogen-bond acceptors (Lipinski definition) is 3. The summed E-state index contributed by atoms with van der Waals surface area (Å²) in [5.74, 6) is -2.06. The summed E-state index contributed by atoms with van der Waals surface area (Å²) in [5.41, 5.74) is 1.61. The van der Waals surface area contributed by atoms with Gasteiger partial charge in [0.15, 0.2) is 0 Å². The van der Waals surface area contributed by atoms with Gasteiger partial charge in [-0.1, -0.05) is 6.07 Å². The molecule has 19 heavy (non-hydrogen) atoms. The van der Waals surface area contributed by atoms with E-state index in [1.165, 1.54) is 6.07 Å². The molecular formula is C13H16N2O4. The Kier molecular flexibility index (Phi) is 5.05. The maximum atomic E-state index is 11.7. The monoisotopic (exact) mass is 264 g/mol. The van der Waals surface area contributed by atoms with Gasteiger partial charge < -0.3 is 15.7 Å². The van der Waals surface area contributed by atoms with E-state index in [1.807, 2.05) is 6.92 Å². The molecule has 0 aliphatic carbocycles.